The van der Waals surface area contributed by atoms with Crippen molar-refractivity contribution >= 4 is 35.9 Å². The lowest BCUT2D eigenvalue weighted by Gasteiger charge is -2.40. The van der Waals surface area contributed by atoms with Crippen molar-refractivity contribution in [3.8, 4) is 11.5 Å². The lowest BCUT2D eigenvalue weighted by atomic mass is 9.71. The number of carbonyl (C=O) groups excluding carboxylic acids is 4. The molecular weight excluding hydrogens is 855 g/mol. The molecule has 0 radical (unpaired) electrons. The number of nitrogens with zero attached hydrogens (tertiary/aromatic N) is 1. The quantitative estimate of drug-likeness (QED) is 0.126. The number of morpholine rings is 1. The molecule has 1 amide bonds. The molecule has 6 aliphatic rings. The number of likely N-dealkylation sites (tertiary alicyclic amines) is 1. The van der Waals surface area contributed by atoms with Crippen LogP contribution >= 0.6 is 12.6 Å². The van der Waals surface area contributed by atoms with Crippen LogP contribution in [0.25, 0.3) is 0 Å². The van der Waals surface area contributed by atoms with Gasteiger partial charge in [0.25, 0.3) is 0 Å². The number of thiol groups is 1. The van der Waals surface area contributed by atoms with Gasteiger partial charge in [-0.15, -0.1) is 0 Å². The molecule has 4 saturated heterocycles. The van der Waals surface area contributed by atoms with E-state index < -0.39 is 29.9 Å². The number of nitrogens with one attached hydrogen (secondary N) is 2. The number of ketones is 3. The van der Waals surface area contributed by atoms with Gasteiger partial charge in [0, 0.05) is 72.9 Å². The van der Waals surface area contributed by atoms with Gasteiger partial charge in [-0.2, -0.15) is 12.6 Å². The van der Waals surface area contributed by atoms with Crippen molar-refractivity contribution in [2.75, 3.05) is 53.2 Å². The number of hydrogen-bond acceptors (Lipinski definition) is 15. The van der Waals surface area contributed by atoms with E-state index in [1.165, 1.54) is 7.11 Å². The number of aromatic hydroxyl groups is 1. The Bertz CT molecular complexity index is 2170. The van der Waals surface area contributed by atoms with E-state index in [0.29, 0.717) is 101 Å². The van der Waals surface area contributed by atoms with Gasteiger partial charge in [0.1, 0.15) is 23.5 Å². The zero-order valence-corrected chi connectivity index (χ0v) is 38.6. The Kier molecular flexibility index (Phi) is 15.2. The molecular formula is C49H63N3O12S. The van der Waals surface area contributed by atoms with Gasteiger partial charge in [-0.05, 0) is 76.0 Å². The van der Waals surface area contributed by atoms with E-state index in [0.717, 1.165) is 25.0 Å². The van der Waals surface area contributed by atoms with Crippen LogP contribution in [0, 0.1) is 12.8 Å². The third-order valence-corrected chi connectivity index (χ3v) is 14.1. The molecule has 15 nitrogen and oxygen atoms in total. The molecule has 352 valence electrons. The van der Waals surface area contributed by atoms with Crippen molar-refractivity contribution in [2.45, 2.75) is 126 Å². The van der Waals surface area contributed by atoms with Crippen LogP contribution in [0.2, 0.25) is 0 Å². The Morgan fingerprint density at radius 1 is 1.05 bits per heavy atom. The van der Waals surface area contributed by atoms with Crippen molar-refractivity contribution in [3.63, 3.8) is 0 Å². The maximum atomic E-state index is 14.3. The van der Waals surface area contributed by atoms with Gasteiger partial charge >= 0.3 is 0 Å². The van der Waals surface area contributed by atoms with Gasteiger partial charge in [-0.1, -0.05) is 25.3 Å². The molecule has 16 heteroatoms. The van der Waals surface area contributed by atoms with E-state index in [-0.39, 0.29) is 94.2 Å². The molecule has 2 aromatic carbocycles. The first-order valence-corrected chi connectivity index (χ1v) is 23.6. The minimum atomic E-state index is -0.715. The number of methoxy groups -OCH3 is 1. The Labute approximate surface area is 386 Å². The van der Waals surface area contributed by atoms with Crippen molar-refractivity contribution < 1.29 is 57.4 Å². The minimum Gasteiger partial charge on any atom is -0.507 e. The predicted molar refractivity (Wildman–Crippen MR) is 242 cm³/mol. The van der Waals surface area contributed by atoms with E-state index in [2.05, 4.69) is 36.4 Å². The second kappa shape index (κ2) is 20.8. The molecule has 2 aromatic rings. The Morgan fingerprint density at radius 3 is 2.60 bits per heavy atom. The summed E-state index contributed by atoms with van der Waals surface area (Å²) in [6, 6.07) is 4.86. The maximum Gasteiger partial charge on any atom is 0.240 e. The number of phenolic OH excluding ortho intramolecular Hbond substituents is 1. The Balaban J connectivity index is 0.921. The van der Waals surface area contributed by atoms with Crippen LogP contribution in [0.1, 0.15) is 119 Å². The molecule has 9 atom stereocenters. The molecule has 4 aliphatic heterocycles. The third kappa shape index (κ3) is 10.2. The summed E-state index contributed by atoms with van der Waals surface area (Å²) in [5.74, 6) is -1.45. The van der Waals surface area contributed by atoms with Crippen molar-refractivity contribution in [1.82, 2.24) is 15.5 Å². The summed E-state index contributed by atoms with van der Waals surface area (Å²) >= 11 is 4.32. The number of ether oxygens (including phenoxy) is 7. The van der Waals surface area contributed by atoms with E-state index in [1.807, 2.05) is 6.92 Å². The summed E-state index contributed by atoms with van der Waals surface area (Å²) in [7, 11) is 1.45. The summed E-state index contributed by atoms with van der Waals surface area (Å²) in [5.41, 5.74) is 3.45. The Morgan fingerprint density at radius 2 is 1.86 bits per heavy atom. The van der Waals surface area contributed by atoms with Crippen LogP contribution in [0.15, 0.2) is 42.8 Å². The lowest BCUT2D eigenvalue weighted by Crippen LogP contribution is -2.49. The highest BCUT2D eigenvalue weighted by molar-refractivity contribution is 7.81. The molecule has 3 N–H and O–H groups in total. The van der Waals surface area contributed by atoms with Crippen molar-refractivity contribution in [1.29, 1.82) is 0 Å². The van der Waals surface area contributed by atoms with Crippen LogP contribution in [0.3, 0.4) is 0 Å². The molecule has 4 heterocycles. The van der Waals surface area contributed by atoms with Crippen LogP contribution in [-0.4, -0.2) is 129 Å². The smallest absolute Gasteiger partial charge is 0.240 e. The average Bonchev–Trinajstić information content (AvgIpc) is 3.54. The number of phenols is 1. The Hall–Kier alpha value is -4.13. The van der Waals surface area contributed by atoms with Gasteiger partial charge in [-0.25, -0.2) is 0 Å². The molecule has 4 fully saturated rings. The van der Waals surface area contributed by atoms with Gasteiger partial charge in [0.2, 0.25) is 5.91 Å². The molecule has 6 unspecified atom stereocenters. The highest BCUT2D eigenvalue weighted by atomic mass is 32.1. The van der Waals surface area contributed by atoms with Crippen LogP contribution in [-0.2, 0) is 44.4 Å². The first kappa shape index (κ1) is 47.4. The number of allylic oxidation sites excluding steroid dienone is 1. The number of carbonyl (C=O) groups is 4. The molecule has 8 rings (SSSR count). The fourth-order valence-corrected chi connectivity index (χ4v) is 10.7. The van der Waals surface area contributed by atoms with Crippen molar-refractivity contribution in [2.24, 2.45) is 5.92 Å². The number of rotatable bonds is 17. The second-order valence-corrected chi connectivity index (χ2v) is 18.7. The second-order valence-electron chi connectivity index (χ2n) is 18.1. The van der Waals surface area contributed by atoms with E-state index in [9.17, 15) is 24.3 Å². The summed E-state index contributed by atoms with van der Waals surface area (Å²) in [6.07, 6.45) is 3.31. The molecule has 0 saturated carbocycles. The number of fused-ring (bicyclic) bond motifs is 3. The van der Waals surface area contributed by atoms with Crippen LogP contribution < -0.4 is 15.4 Å². The topological polar surface area (TPSA) is 180 Å². The fraction of sp³-hybridized carbons (Fsp3) is 0.592. The fourth-order valence-electron chi connectivity index (χ4n) is 10.3. The van der Waals surface area contributed by atoms with Gasteiger partial charge < -0.3 is 48.5 Å². The van der Waals surface area contributed by atoms with E-state index in [4.69, 9.17) is 33.2 Å². The number of benzene rings is 2. The average molecular weight is 918 g/mol. The number of hydrogen-bond donors (Lipinski definition) is 4. The van der Waals surface area contributed by atoms with Crippen LogP contribution in [0.4, 0.5) is 0 Å². The predicted octanol–water partition coefficient (Wildman–Crippen LogP) is 5.41. The largest absolute Gasteiger partial charge is 0.507 e. The van der Waals surface area contributed by atoms with E-state index in [1.54, 1.807) is 30.0 Å². The first-order valence-electron chi connectivity index (χ1n) is 23.1. The van der Waals surface area contributed by atoms with Crippen molar-refractivity contribution in [3.05, 3.63) is 81.7 Å². The minimum absolute atomic E-state index is 0.0125. The van der Waals surface area contributed by atoms with Gasteiger partial charge in [0.05, 0.1) is 80.4 Å². The van der Waals surface area contributed by atoms with Gasteiger partial charge in [-0.3, -0.25) is 24.5 Å². The standard InChI is InChI=1S/C49H63N3O12S/c1-26(50-16-18-52-27(2)20-39(65)49(52)57)23-60-24-32-9-6-8-31(62-32)12-13-35(53)30-21-34-42(38(22-30)64-41-15-14-36(29(4)61-41)63-40-25-59-19-17-51-40)28(3)43-45(47(34)55)46(54)33-10-7-11-37(58-5)44(33)48(43)56/h7,10-11,29-32,36,38-41,50-51,55,65H,1-2,6,8-9,12-25H2,3-5H3/t29-,30?,31?,32?,36-,38-,39?,40?,41?/m0/s1. The van der Waals surface area contributed by atoms with Crippen LogP contribution in [0.5, 0.6) is 11.5 Å². The maximum absolute atomic E-state index is 14.3. The highest BCUT2D eigenvalue weighted by Gasteiger charge is 2.44. The number of amides is 1. The SMILES string of the molecule is C=C(COCC1CCCC(CCC(=O)C2Cc3c(O)c4c(c(C)c3[C@@H](OC3CC[C@H](OC5COCCN5)[C@H](C)O3)C2)C(=O)c2c(OC)cccc2C4=O)O1)NCCN1C(=C)CC(S)C1=O. The number of Topliss-reactive ketones (excluding diaryl/α,β-unsaturated/α-hetero) is 1. The molecule has 0 bridgehead atoms. The molecule has 0 spiro atoms. The molecule has 0 aromatic heterocycles. The summed E-state index contributed by atoms with van der Waals surface area (Å²) in [4.78, 5) is 56.7. The molecule has 2 aliphatic carbocycles. The summed E-state index contributed by atoms with van der Waals surface area (Å²) < 4.78 is 43.0. The molecule has 65 heavy (non-hydrogen) atoms. The van der Waals surface area contributed by atoms with Gasteiger partial charge in [0.15, 0.2) is 17.9 Å². The zero-order valence-electron chi connectivity index (χ0n) is 37.7. The normalized spacial score (nSPS) is 29.0. The summed E-state index contributed by atoms with van der Waals surface area (Å²) in [5, 5.41) is 18.3. The summed E-state index contributed by atoms with van der Waals surface area (Å²) in [6.45, 7) is 15.2. The first-order chi connectivity index (χ1) is 31.3. The lowest BCUT2D eigenvalue weighted by molar-refractivity contribution is -0.255. The van der Waals surface area contributed by atoms with E-state index >= 15 is 0 Å². The highest BCUT2D eigenvalue weighted by Crippen LogP contribution is 2.49. The third-order valence-electron chi connectivity index (χ3n) is 13.7. The zero-order chi connectivity index (χ0) is 45.9. The monoisotopic (exact) mass is 917 g/mol.